The predicted molar refractivity (Wildman–Crippen MR) is 79.7 cm³/mol. The number of aryl methyl sites for hydroxylation is 1. The fourth-order valence-electron chi connectivity index (χ4n) is 2.12. The maximum atomic E-state index is 12.7. The summed E-state index contributed by atoms with van der Waals surface area (Å²) in [5.41, 5.74) is 4.45. The lowest BCUT2D eigenvalue weighted by molar-refractivity contribution is 0.596. The quantitative estimate of drug-likeness (QED) is 0.507. The highest BCUT2D eigenvalue weighted by atomic mass is 32.2. The largest absolute Gasteiger partial charge is 0.338 e. The van der Waals surface area contributed by atoms with E-state index in [1.165, 1.54) is 6.20 Å². The molecule has 1 heterocycles. The summed E-state index contributed by atoms with van der Waals surface area (Å²) in [4.78, 5) is 7.57. The number of hydrogen-bond donors (Lipinski definition) is 3. The fraction of sp³-hybridized carbons (Fsp3) is 0.0714. The Kier molecular flexibility index (Phi) is 3.15. The van der Waals surface area contributed by atoms with Gasteiger partial charge in [-0.05, 0) is 31.2 Å². The summed E-state index contributed by atoms with van der Waals surface area (Å²) in [6, 6.07) is 9.96. The SMILES string of the molecule is Cc1ccc(S(=O)(=O)c2ccc3[nH]c(NN)cnc2-3)cc1. The third-order valence-corrected chi connectivity index (χ3v) is 5.06. The monoisotopic (exact) mass is 302 g/mol. The van der Waals surface area contributed by atoms with Gasteiger partial charge in [-0.25, -0.2) is 19.2 Å². The first-order valence-corrected chi connectivity index (χ1v) is 7.77. The number of aromatic amines is 1. The zero-order valence-corrected chi connectivity index (χ0v) is 12.1. The van der Waals surface area contributed by atoms with Gasteiger partial charge in [-0.3, -0.25) is 0 Å². The average molecular weight is 302 g/mol. The highest BCUT2D eigenvalue weighted by molar-refractivity contribution is 7.91. The van der Waals surface area contributed by atoms with Crippen LogP contribution >= 0.6 is 0 Å². The van der Waals surface area contributed by atoms with Crippen molar-refractivity contribution in [2.75, 3.05) is 5.43 Å². The Balaban J connectivity index is 2.13. The van der Waals surface area contributed by atoms with Crippen LogP contribution in [0.2, 0.25) is 0 Å². The minimum absolute atomic E-state index is 0.182. The molecular weight excluding hydrogens is 288 g/mol. The van der Waals surface area contributed by atoms with Crippen molar-refractivity contribution in [2.24, 2.45) is 5.84 Å². The molecule has 0 unspecified atom stereocenters. The molecule has 0 aromatic heterocycles. The minimum atomic E-state index is -3.59. The number of sulfone groups is 1. The fourth-order valence-corrected chi connectivity index (χ4v) is 3.54. The number of hydrazine groups is 1. The molecule has 2 aliphatic rings. The van der Waals surface area contributed by atoms with E-state index in [2.05, 4.69) is 15.4 Å². The number of aromatic nitrogens is 2. The van der Waals surface area contributed by atoms with Crippen LogP contribution in [0.3, 0.4) is 0 Å². The number of nitrogens with one attached hydrogen (secondary N) is 2. The lowest BCUT2D eigenvalue weighted by Crippen LogP contribution is -2.10. The molecule has 7 heteroatoms. The van der Waals surface area contributed by atoms with Crippen molar-refractivity contribution in [1.29, 1.82) is 0 Å². The molecule has 0 bridgehead atoms. The van der Waals surface area contributed by atoms with Crippen LogP contribution in [0.4, 0.5) is 5.82 Å². The van der Waals surface area contributed by atoms with Gasteiger partial charge in [0.05, 0.1) is 21.7 Å². The topological polar surface area (TPSA) is 101 Å². The van der Waals surface area contributed by atoms with Gasteiger partial charge in [0, 0.05) is 0 Å². The number of nitrogens with two attached hydrogens (primary N) is 1. The maximum absolute atomic E-state index is 12.7. The molecule has 0 atom stereocenters. The molecule has 1 aliphatic heterocycles. The van der Waals surface area contributed by atoms with Crippen LogP contribution in [0.15, 0.2) is 52.4 Å². The van der Waals surface area contributed by atoms with Crippen LogP contribution in [0, 0.1) is 6.92 Å². The second-order valence-electron chi connectivity index (χ2n) is 4.72. The standard InChI is InChI=1S/C14H14N4O2S/c1-9-2-4-10(5-3-9)21(19,20)12-7-6-11-14(12)16-8-13(17-11)18-15/h2-8,17-18H,15H2,1H3. The number of nitrogen functional groups attached to an aromatic ring is 1. The average Bonchev–Trinajstić information content (AvgIpc) is 2.91. The lowest BCUT2D eigenvalue weighted by atomic mass is 10.2. The first kappa shape index (κ1) is 13.6. The highest BCUT2D eigenvalue weighted by Crippen LogP contribution is 2.32. The summed E-state index contributed by atoms with van der Waals surface area (Å²) in [6.45, 7) is 1.91. The molecule has 4 N–H and O–H groups in total. The molecule has 3 rings (SSSR count). The lowest BCUT2D eigenvalue weighted by Gasteiger charge is -2.08. The summed E-state index contributed by atoms with van der Waals surface area (Å²) in [5.74, 6) is 5.81. The van der Waals surface area contributed by atoms with Gasteiger partial charge in [0.15, 0.2) is 0 Å². The van der Waals surface area contributed by atoms with Gasteiger partial charge >= 0.3 is 0 Å². The normalized spacial score (nSPS) is 11.7. The summed E-state index contributed by atoms with van der Waals surface area (Å²) in [6.07, 6.45) is 1.45. The summed E-state index contributed by atoms with van der Waals surface area (Å²) >= 11 is 0. The van der Waals surface area contributed by atoms with Gasteiger partial charge in [0.1, 0.15) is 11.5 Å². The van der Waals surface area contributed by atoms with Crippen LogP contribution in [-0.2, 0) is 9.84 Å². The molecule has 6 nitrogen and oxygen atoms in total. The molecule has 1 aromatic carbocycles. The Morgan fingerprint density at radius 3 is 2.52 bits per heavy atom. The molecule has 1 aliphatic carbocycles. The molecule has 0 fully saturated rings. The minimum Gasteiger partial charge on any atom is -0.338 e. The van der Waals surface area contributed by atoms with E-state index >= 15 is 0 Å². The van der Waals surface area contributed by atoms with E-state index in [9.17, 15) is 8.42 Å². The van der Waals surface area contributed by atoms with Gasteiger partial charge in [0.25, 0.3) is 0 Å². The van der Waals surface area contributed by atoms with E-state index in [4.69, 9.17) is 5.84 Å². The summed E-state index contributed by atoms with van der Waals surface area (Å²) < 4.78 is 25.4. The summed E-state index contributed by atoms with van der Waals surface area (Å²) in [5, 5.41) is 0. The Labute approximate surface area is 122 Å². The number of hydrogen-bond acceptors (Lipinski definition) is 5. The molecular formula is C14H14N4O2S. The van der Waals surface area contributed by atoms with Crippen molar-refractivity contribution in [1.82, 2.24) is 9.97 Å². The third-order valence-electron chi connectivity index (χ3n) is 3.26. The third kappa shape index (κ3) is 2.26. The number of rotatable bonds is 3. The van der Waals surface area contributed by atoms with Crippen molar-refractivity contribution in [3.63, 3.8) is 0 Å². The Hall–Kier alpha value is -2.38. The Morgan fingerprint density at radius 1 is 1.14 bits per heavy atom. The molecule has 0 amide bonds. The molecule has 0 spiro atoms. The van der Waals surface area contributed by atoms with E-state index in [1.807, 2.05) is 6.92 Å². The van der Waals surface area contributed by atoms with E-state index in [1.54, 1.807) is 36.4 Å². The summed E-state index contributed by atoms with van der Waals surface area (Å²) in [7, 11) is -3.59. The van der Waals surface area contributed by atoms with Gasteiger partial charge in [-0.15, -0.1) is 0 Å². The zero-order valence-electron chi connectivity index (χ0n) is 11.3. The van der Waals surface area contributed by atoms with Crippen molar-refractivity contribution in [2.45, 2.75) is 16.7 Å². The molecule has 21 heavy (non-hydrogen) atoms. The highest BCUT2D eigenvalue weighted by Gasteiger charge is 2.25. The van der Waals surface area contributed by atoms with Gasteiger partial charge in [0.2, 0.25) is 9.84 Å². The number of benzene rings is 1. The number of fused-ring (bicyclic) bond motifs is 1. The van der Waals surface area contributed by atoms with Crippen molar-refractivity contribution in [3.05, 3.63) is 48.2 Å². The van der Waals surface area contributed by atoms with E-state index in [-0.39, 0.29) is 9.79 Å². The van der Waals surface area contributed by atoms with Crippen LogP contribution in [0.1, 0.15) is 5.56 Å². The van der Waals surface area contributed by atoms with Gasteiger partial charge < -0.3 is 10.4 Å². The smallest absolute Gasteiger partial charge is 0.208 e. The number of nitrogens with zero attached hydrogens (tertiary/aromatic N) is 1. The van der Waals surface area contributed by atoms with Crippen LogP contribution in [0.5, 0.6) is 0 Å². The van der Waals surface area contributed by atoms with E-state index in [0.29, 0.717) is 17.2 Å². The van der Waals surface area contributed by atoms with Crippen molar-refractivity contribution < 1.29 is 8.42 Å². The van der Waals surface area contributed by atoms with Crippen molar-refractivity contribution >= 4 is 15.7 Å². The predicted octanol–water partition coefficient (Wildman–Crippen LogP) is 1.94. The molecule has 0 saturated heterocycles. The molecule has 0 saturated carbocycles. The van der Waals surface area contributed by atoms with Gasteiger partial charge in [-0.2, -0.15) is 0 Å². The maximum Gasteiger partial charge on any atom is 0.208 e. The number of anilines is 1. The van der Waals surface area contributed by atoms with Crippen LogP contribution < -0.4 is 11.3 Å². The second-order valence-corrected chi connectivity index (χ2v) is 6.64. The number of H-pyrrole nitrogens is 1. The van der Waals surface area contributed by atoms with Crippen molar-refractivity contribution in [3.8, 4) is 11.4 Å². The first-order valence-electron chi connectivity index (χ1n) is 6.28. The van der Waals surface area contributed by atoms with Gasteiger partial charge in [-0.1, -0.05) is 17.7 Å². The zero-order chi connectivity index (χ0) is 15.0. The van der Waals surface area contributed by atoms with Crippen LogP contribution in [0.25, 0.3) is 11.4 Å². The van der Waals surface area contributed by atoms with Crippen LogP contribution in [-0.4, -0.2) is 18.4 Å². The molecule has 108 valence electrons. The van der Waals surface area contributed by atoms with E-state index in [0.717, 1.165) is 5.56 Å². The molecule has 0 radical (unpaired) electrons. The Bertz CT molecular complexity index is 853. The Morgan fingerprint density at radius 2 is 1.86 bits per heavy atom. The van der Waals surface area contributed by atoms with E-state index < -0.39 is 9.84 Å². The first-order chi connectivity index (χ1) is 10.0. The second kappa shape index (κ2) is 4.87. The molecule has 1 aromatic rings.